The van der Waals surface area contributed by atoms with E-state index in [0.29, 0.717) is 24.2 Å². The van der Waals surface area contributed by atoms with Gasteiger partial charge in [-0.05, 0) is 37.2 Å². The Morgan fingerprint density at radius 2 is 2.29 bits per heavy atom. The third-order valence-corrected chi connectivity index (χ3v) is 3.15. The van der Waals surface area contributed by atoms with Crippen LogP contribution >= 0.6 is 12.2 Å². The van der Waals surface area contributed by atoms with Gasteiger partial charge in [0, 0.05) is 13.0 Å². The number of benzene rings is 1. The van der Waals surface area contributed by atoms with Crippen molar-refractivity contribution in [1.29, 1.82) is 0 Å². The summed E-state index contributed by atoms with van der Waals surface area (Å²) in [7, 11) is 0. The number of aryl methyl sites for hydroxylation is 2. The molecule has 1 aromatic heterocycles. The quantitative estimate of drug-likeness (QED) is 0.816. The highest BCUT2D eigenvalue weighted by molar-refractivity contribution is 7.71. The maximum Gasteiger partial charge on any atom is 0.217 e. The maximum atomic E-state index is 10.7. The van der Waals surface area contributed by atoms with Crippen molar-refractivity contribution in [1.82, 2.24) is 9.55 Å². The Labute approximate surface area is 104 Å². The number of nitrogens with zero attached hydrogens (tertiary/aromatic N) is 1. The number of rotatable bonds is 4. The van der Waals surface area contributed by atoms with Crippen LogP contribution in [0.15, 0.2) is 18.2 Å². The van der Waals surface area contributed by atoms with Gasteiger partial charge in [-0.15, -0.1) is 0 Å². The van der Waals surface area contributed by atoms with Crippen molar-refractivity contribution >= 4 is 29.2 Å². The fourth-order valence-corrected chi connectivity index (χ4v) is 2.25. The summed E-state index contributed by atoms with van der Waals surface area (Å²) in [4.78, 5) is 13.9. The molecule has 0 aliphatic rings. The summed E-state index contributed by atoms with van der Waals surface area (Å²) in [5.74, 6) is -0.271. The molecule has 2 rings (SSSR count). The Morgan fingerprint density at radius 1 is 1.53 bits per heavy atom. The highest BCUT2D eigenvalue weighted by Crippen LogP contribution is 2.18. The van der Waals surface area contributed by atoms with Gasteiger partial charge in [0.2, 0.25) is 5.91 Å². The van der Waals surface area contributed by atoms with Gasteiger partial charge in [0.1, 0.15) is 0 Å². The van der Waals surface area contributed by atoms with E-state index in [9.17, 15) is 4.79 Å². The number of fused-ring (bicyclic) bond motifs is 1. The standard InChI is InChI=1S/C12H15N3OS/c1-8-4-2-5-9-11(8)14-12(17)15(9)7-3-6-10(13)16/h2,4-5H,3,6-7H2,1H3,(H2,13,16)(H,14,17). The van der Waals surface area contributed by atoms with Crippen LogP contribution in [0.3, 0.4) is 0 Å². The Kier molecular flexibility index (Phi) is 3.28. The molecule has 0 spiro atoms. The SMILES string of the molecule is Cc1cccc2c1[nH]c(=S)n2CCCC(N)=O. The van der Waals surface area contributed by atoms with Crippen LogP contribution in [0.2, 0.25) is 0 Å². The lowest BCUT2D eigenvalue weighted by molar-refractivity contribution is -0.118. The van der Waals surface area contributed by atoms with Crippen LogP contribution in [0.25, 0.3) is 11.0 Å². The molecule has 90 valence electrons. The number of hydrogen-bond donors (Lipinski definition) is 2. The van der Waals surface area contributed by atoms with Gasteiger partial charge in [-0.3, -0.25) is 4.79 Å². The summed E-state index contributed by atoms with van der Waals surface area (Å²) in [5.41, 5.74) is 8.44. The van der Waals surface area contributed by atoms with Crippen molar-refractivity contribution in [3.05, 3.63) is 28.5 Å². The van der Waals surface area contributed by atoms with Crippen LogP contribution in [-0.4, -0.2) is 15.5 Å². The number of para-hydroxylation sites is 1. The number of H-pyrrole nitrogens is 1. The zero-order chi connectivity index (χ0) is 12.4. The summed E-state index contributed by atoms with van der Waals surface area (Å²) in [5, 5.41) is 0. The van der Waals surface area contributed by atoms with Crippen molar-refractivity contribution in [3.63, 3.8) is 0 Å². The van der Waals surface area contributed by atoms with Gasteiger partial charge in [-0.1, -0.05) is 12.1 Å². The van der Waals surface area contributed by atoms with E-state index in [0.717, 1.165) is 11.0 Å². The van der Waals surface area contributed by atoms with E-state index in [1.54, 1.807) is 0 Å². The van der Waals surface area contributed by atoms with Crippen molar-refractivity contribution in [2.75, 3.05) is 0 Å². The van der Waals surface area contributed by atoms with Crippen LogP contribution in [0.4, 0.5) is 0 Å². The maximum absolute atomic E-state index is 10.7. The Bertz CT molecular complexity index is 612. The van der Waals surface area contributed by atoms with Gasteiger partial charge in [0.05, 0.1) is 11.0 Å². The molecule has 2 aromatic rings. The number of aromatic amines is 1. The molecule has 5 heteroatoms. The number of nitrogens with two attached hydrogens (primary N) is 1. The molecule has 1 aromatic carbocycles. The van der Waals surface area contributed by atoms with Crippen LogP contribution in [0, 0.1) is 11.7 Å². The van der Waals surface area contributed by atoms with Crippen molar-refractivity contribution in [2.45, 2.75) is 26.3 Å². The molecule has 1 amide bonds. The molecule has 0 fully saturated rings. The Hall–Kier alpha value is -1.62. The zero-order valence-corrected chi connectivity index (χ0v) is 10.5. The molecule has 17 heavy (non-hydrogen) atoms. The third kappa shape index (κ3) is 2.39. The molecule has 0 aliphatic carbocycles. The zero-order valence-electron chi connectivity index (χ0n) is 9.69. The third-order valence-electron chi connectivity index (χ3n) is 2.82. The lowest BCUT2D eigenvalue weighted by Gasteiger charge is -2.03. The summed E-state index contributed by atoms with van der Waals surface area (Å²) in [6.45, 7) is 2.76. The monoisotopic (exact) mass is 249 g/mol. The first-order chi connectivity index (χ1) is 8.09. The topological polar surface area (TPSA) is 63.8 Å². The summed E-state index contributed by atoms with van der Waals surface area (Å²) >= 11 is 5.28. The molecule has 0 saturated carbocycles. The molecular formula is C12H15N3OS. The second kappa shape index (κ2) is 4.71. The molecule has 0 saturated heterocycles. The van der Waals surface area contributed by atoms with E-state index in [4.69, 9.17) is 18.0 Å². The molecular weight excluding hydrogens is 234 g/mol. The minimum Gasteiger partial charge on any atom is -0.370 e. The summed E-state index contributed by atoms with van der Waals surface area (Å²) in [6.07, 6.45) is 1.10. The molecule has 0 bridgehead atoms. The minimum atomic E-state index is -0.271. The molecule has 3 N–H and O–H groups in total. The van der Waals surface area contributed by atoms with Crippen LogP contribution < -0.4 is 5.73 Å². The number of aromatic nitrogens is 2. The fourth-order valence-electron chi connectivity index (χ4n) is 1.96. The van der Waals surface area contributed by atoms with Gasteiger partial charge in [0.15, 0.2) is 4.77 Å². The largest absolute Gasteiger partial charge is 0.370 e. The average molecular weight is 249 g/mol. The minimum absolute atomic E-state index is 0.271. The van der Waals surface area contributed by atoms with E-state index < -0.39 is 0 Å². The van der Waals surface area contributed by atoms with Gasteiger partial charge < -0.3 is 15.3 Å². The van der Waals surface area contributed by atoms with E-state index in [-0.39, 0.29) is 5.91 Å². The number of carbonyl (C=O) groups is 1. The second-order valence-electron chi connectivity index (χ2n) is 4.12. The number of hydrogen-bond acceptors (Lipinski definition) is 2. The average Bonchev–Trinajstić information content (AvgIpc) is 2.57. The van der Waals surface area contributed by atoms with Gasteiger partial charge in [-0.2, -0.15) is 0 Å². The lowest BCUT2D eigenvalue weighted by atomic mass is 10.2. The first kappa shape index (κ1) is 11.9. The highest BCUT2D eigenvalue weighted by Gasteiger charge is 2.06. The number of primary amides is 1. The van der Waals surface area contributed by atoms with E-state index >= 15 is 0 Å². The molecule has 4 nitrogen and oxygen atoms in total. The van der Waals surface area contributed by atoms with Crippen molar-refractivity contribution in [2.24, 2.45) is 5.73 Å². The number of amides is 1. The second-order valence-corrected chi connectivity index (χ2v) is 4.51. The molecule has 0 atom stereocenters. The predicted molar refractivity (Wildman–Crippen MR) is 70.3 cm³/mol. The number of carbonyl (C=O) groups excluding carboxylic acids is 1. The van der Waals surface area contributed by atoms with Gasteiger partial charge >= 0.3 is 0 Å². The molecule has 0 radical (unpaired) electrons. The first-order valence-corrected chi connectivity index (χ1v) is 5.97. The van der Waals surface area contributed by atoms with Gasteiger partial charge in [-0.25, -0.2) is 0 Å². The Balaban J connectivity index is 2.34. The van der Waals surface area contributed by atoms with Crippen molar-refractivity contribution in [3.8, 4) is 0 Å². The fraction of sp³-hybridized carbons (Fsp3) is 0.333. The van der Waals surface area contributed by atoms with E-state index in [2.05, 4.69) is 4.98 Å². The first-order valence-electron chi connectivity index (χ1n) is 5.56. The normalized spacial score (nSPS) is 10.9. The molecule has 1 heterocycles. The smallest absolute Gasteiger partial charge is 0.217 e. The lowest BCUT2D eigenvalue weighted by Crippen LogP contribution is -2.11. The Morgan fingerprint density at radius 3 is 3.00 bits per heavy atom. The van der Waals surface area contributed by atoms with Crippen molar-refractivity contribution < 1.29 is 4.79 Å². The molecule has 0 aliphatic heterocycles. The summed E-state index contributed by atoms with van der Waals surface area (Å²) in [6, 6.07) is 6.07. The van der Waals surface area contributed by atoms with E-state index in [1.165, 1.54) is 5.56 Å². The predicted octanol–water partition coefficient (Wildman–Crippen LogP) is 2.27. The van der Waals surface area contributed by atoms with Crippen LogP contribution in [0.5, 0.6) is 0 Å². The summed E-state index contributed by atoms with van der Waals surface area (Å²) < 4.78 is 2.71. The van der Waals surface area contributed by atoms with Crippen LogP contribution in [-0.2, 0) is 11.3 Å². The van der Waals surface area contributed by atoms with Crippen LogP contribution in [0.1, 0.15) is 18.4 Å². The highest BCUT2D eigenvalue weighted by atomic mass is 32.1. The number of imidazole rings is 1. The van der Waals surface area contributed by atoms with Gasteiger partial charge in [0.25, 0.3) is 0 Å². The van der Waals surface area contributed by atoms with E-state index in [1.807, 2.05) is 29.7 Å². The number of nitrogens with one attached hydrogen (secondary N) is 1. The molecule has 0 unspecified atom stereocenters.